The summed E-state index contributed by atoms with van der Waals surface area (Å²) in [4.78, 5) is 16.0. The van der Waals surface area contributed by atoms with Gasteiger partial charge < -0.3 is 4.74 Å². The minimum Gasteiger partial charge on any atom is -0.416 e. The second kappa shape index (κ2) is 5.88. The van der Waals surface area contributed by atoms with Gasteiger partial charge in [0.25, 0.3) is 0 Å². The summed E-state index contributed by atoms with van der Waals surface area (Å²) in [5, 5.41) is 0.880. The minimum atomic E-state index is -2.33. The van der Waals surface area contributed by atoms with E-state index in [9.17, 15) is 26.7 Å². The predicted octanol–water partition coefficient (Wildman–Crippen LogP) is 4.15. The number of carbonyl (C=O) groups excluding carboxylic acids is 1. The van der Waals surface area contributed by atoms with Gasteiger partial charge in [-0.3, -0.25) is 4.98 Å². The standard InChI is InChI=1S/C16H6F5NO2/c17-10-11(18)13(20)15(14(21)12(10)19)24-16(23)9-3-1-2-7-6-22-5-4-8(7)9/h1-6H. The molecule has 1 aromatic heterocycles. The Hall–Kier alpha value is -3.03. The van der Waals surface area contributed by atoms with Crippen molar-refractivity contribution in [3.05, 3.63) is 71.3 Å². The monoisotopic (exact) mass is 339 g/mol. The van der Waals surface area contributed by atoms with Crippen LogP contribution in [-0.2, 0) is 0 Å². The van der Waals surface area contributed by atoms with Gasteiger partial charge in [0.1, 0.15) is 0 Å². The summed E-state index contributed by atoms with van der Waals surface area (Å²) in [6, 6.07) is 5.82. The molecule has 0 aliphatic rings. The Morgan fingerprint density at radius 1 is 0.875 bits per heavy atom. The normalized spacial score (nSPS) is 10.9. The first-order chi connectivity index (χ1) is 11.4. The Morgan fingerprint density at radius 2 is 1.50 bits per heavy atom. The molecule has 3 nitrogen and oxygen atoms in total. The van der Waals surface area contributed by atoms with Crippen LogP contribution in [0.3, 0.4) is 0 Å². The third kappa shape index (κ3) is 2.45. The molecule has 0 saturated carbocycles. The van der Waals surface area contributed by atoms with Gasteiger partial charge in [-0.05, 0) is 17.5 Å². The summed E-state index contributed by atoms with van der Waals surface area (Å²) in [7, 11) is 0. The van der Waals surface area contributed by atoms with E-state index in [1.54, 1.807) is 6.07 Å². The number of nitrogens with zero attached hydrogens (tertiary/aromatic N) is 1. The van der Waals surface area contributed by atoms with Crippen LogP contribution in [-0.4, -0.2) is 11.0 Å². The van der Waals surface area contributed by atoms with Crippen molar-refractivity contribution >= 4 is 16.7 Å². The molecule has 0 saturated heterocycles. The van der Waals surface area contributed by atoms with Gasteiger partial charge in [-0.25, -0.2) is 18.0 Å². The summed E-state index contributed by atoms with van der Waals surface area (Å²) in [6.45, 7) is 0. The highest BCUT2D eigenvalue weighted by Gasteiger charge is 2.29. The molecule has 0 aliphatic carbocycles. The third-order valence-electron chi connectivity index (χ3n) is 3.26. The fourth-order valence-electron chi connectivity index (χ4n) is 2.12. The lowest BCUT2D eigenvalue weighted by Crippen LogP contribution is -2.14. The fraction of sp³-hybridized carbons (Fsp3) is 0. The Morgan fingerprint density at radius 3 is 2.17 bits per heavy atom. The molecule has 0 N–H and O–H groups in total. The van der Waals surface area contributed by atoms with E-state index in [0.717, 1.165) is 0 Å². The Balaban J connectivity index is 2.08. The maximum Gasteiger partial charge on any atom is 0.344 e. The van der Waals surface area contributed by atoms with Crippen molar-refractivity contribution in [1.29, 1.82) is 0 Å². The van der Waals surface area contributed by atoms with Crippen LogP contribution in [0.1, 0.15) is 10.4 Å². The SMILES string of the molecule is O=C(Oc1c(F)c(F)c(F)c(F)c1F)c1cccc2cnccc12. The molecule has 24 heavy (non-hydrogen) atoms. The molecule has 1 heterocycles. The first-order valence-electron chi connectivity index (χ1n) is 6.48. The smallest absolute Gasteiger partial charge is 0.344 e. The molecule has 0 aliphatic heterocycles. The van der Waals surface area contributed by atoms with Gasteiger partial charge in [-0.15, -0.1) is 0 Å². The van der Waals surface area contributed by atoms with E-state index < -0.39 is 40.8 Å². The van der Waals surface area contributed by atoms with Crippen molar-refractivity contribution in [2.75, 3.05) is 0 Å². The van der Waals surface area contributed by atoms with Crippen molar-refractivity contribution in [2.24, 2.45) is 0 Å². The zero-order chi connectivity index (χ0) is 17.4. The highest BCUT2D eigenvalue weighted by Crippen LogP contribution is 2.30. The van der Waals surface area contributed by atoms with Crippen molar-refractivity contribution < 1.29 is 31.5 Å². The molecule has 122 valence electrons. The van der Waals surface area contributed by atoms with Gasteiger partial charge >= 0.3 is 5.97 Å². The van der Waals surface area contributed by atoms with E-state index in [4.69, 9.17) is 0 Å². The van der Waals surface area contributed by atoms with Gasteiger partial charge in [0.2, 0.25) is 34.8 Å². The molecular weight excluding hydrogens is 333 g/mol. The zero-order valence-corrected chi connectivity index (χ0v) is 11.6. The lowest BCUT2D eigenvalue weighted by Gasteiger charge is -2.10. The Labute approximate surface area is 131 Å². The van der Waals surface area contributed by atoms with Crippen LogP contribution in [0.4, 0.5) is 22.0 Å². The number of halogens is 5. The number of hydrogen-bond donors (Lipinski definition) is 0. The van der Waals surface area contributed by atoms with Crippen LogP contribution >= 0.6 is 0 Å². The molecule has 0 bridgehead atoms. The number of carbonyl (C=O) groups is 1. The van der Waals surface area contributed by atoms with Crippen molar-refractivity contribution in [3.63, 3.8) is 0 Å². The number of rotatable bonds is 2. The quantitative estimate of drug-likeness (QED) is 0.231. The number of aromatic nitrogens is 1. The maximum atomic E-state index is 13.6. The molecule has 8 heteroatoms. The van der Waals surface area contributed by atoms with Gasteiger partial charge in [-0.1, -0.05) is 12.1 Å². The van der Waals surface area contributed by atoms with E-state index in [2.05, 4.69) is 9.72 Å². The number of pyridine rings is 1. The van der Waals surface area contributed by atoms with Crippen molar-refractivity contribution in [3.8, 4) is 5.75 Å². The van der Waals surface area contributed by atoms with Crippen LogP contribution in [0.2, 0.25) is 0 Å². The largest absolute Gasteiger partial charge is 0.416 e. The second-order valence-corrected chi connectivity index (χ2v) is 4.69. The number of fused-ring (bicyclic) bond motifs is 1. The zero-order valence-electron chi connectivity index (χ0n) is 11.6. The van der Waals surface area contributed by atoms with Crippen LogP contribution in [0.15, 0.2) is 36.7 Å². The second-order valence-electron chi connectivity index (χ2n) is 4.69. The van der Waals surface area contributed by atoms with Gasteiger partial charge in [-0.2, -0.15) is 8.78 Å². The summed E-state index contributed by atoms with van der Waals surface area (Å²) in [6.07, 6.45) is 2.81. The molecule has 0 unspecified atom stereocenters. The van der Waals surface area contributed by atoms with Gasteiger partial charge in [0, 0.05) is 17.8 Å². The molecule has 2 aromatic carbocycles. The van der Waals surface area contributed by atoms with Crippen LogP contribution in [0.5, 0.6) is 5.75 Å². The van der Waals surface area contributed by atoms with Crippen LogP contribution in [0, 0.1) is 29.1 Å². The summed E-state index contributed by atoms with van der Waals surface area (Å²) in [5.41, 5.74) is -0.112. The van der Waals surface area contributed by atoms with Crippen LogP contribution < -0.4 is 4.74 Å². The van der Waals surface area contributed by atoms with Gasteiger partial charge in [0.05, 0.1) is 5.56 Å². The van der Waals surface area contributed by atoms with E-state index in [0.29, 0.717) is 10.8 Å². The van der Waals surface area contributed by atoms with E-state index >= 15 is 0 Å². The molecule has 0 spiro atoms. The maximum absolute atomic E-state index is 13.6. The Kier molecular flexibility index (Phi) is 3.88. The highest BCUT2D eigenvalue weighted by molar-refractivity contribution is 6.04. The van der Waals surface area contributed by atoms with E-state index in [-0.39, 0.29) is 5.56 Å². The molecule has 0 amide bonds. The van der Waals surface area contributed by atoms with Crippen molar-refractivity contribution in [2.45, 2.75) is 0 Å². The lowest BCUT2D eigenvalue weighted by atomic mass is 10.1. The molecule has 0 fully saturated rings. The molecule has 3 rings (SSSR count). The average molecular weight is 339 g/mol. The topological polar surface area (TPSA) is 39.2 Å². The minimum absolute atomic E-state index is 0.112. The molecule has 3 aromatic rings. The number of esters is 1. The number of ether oxygens (including phenoxy) is 1. The predicted molar refractivity (Wildman–Crippen MR) is 72.9 cm³/mol. The van der Waals surface area contributed by atoms with Crippen LogP contribution in [0.25, 0.3) is 10.8 Å². The Bertz CT molecular complexity index is 940. The number of hydrogen-bond acceptors (Lipinski definition) is 3. The third-order valence-corrected chi connectivity index (χ3v) is 3.26. The molecule has 0 radical (unpaired) electrons. The highest BCUT2D eigenvalue weighted by atomic mass is 19.2. The fourth-order valence-corrected chi connectivity index (χ4v) is 2.12. The first-order valence-corrected chi connectivity index (χ1v) is 6.48. The summed E-state index contributed by atoms with van der Waals surface area (Å²) < 4.78 is 70.9. The van der Waals surface area contributed by atoms with E-state index in [1.807, 2.05) is 0 Å². The summed E-state index contributed by atoms with van der Waals surface area (Å²) in [5.74, 6) is -14.1. The van der Waals surface area contributed by atoms with E-state index in [1.165, 1.54) is 30.6 Å². The first kappa shape index (κ1) is 15.9. The molecule has 0 atom stereocenters. The average Bonchev–Trinajstić information content (AvgIpc) is 2.61. The summed E-state index contributed by atoms with van der Waals surface area (Å²) >= 11 is 0. The number of benzene rings is 2. The molecular formula is C16H6F5NO2. The van der Waals surface area contributed by atoms with Crippen molar-refractivity contribution in [1.82, 2.24) is 4.98 Å². The lowest BCUT2D eigenvalue weighted by molar-refractivity contribution is 0.0718. The van der Waals surface area contributed by atoms with Gasteiger partial charge in [0.15, 0.2) is 0 Å².